The Hall–Kier alpha value is -2.01. The largest absolute Gasteiger partial charge is 0.462 e. The van der Waals surface area contributed by atoms with E-state index in [1.807, 2.05) is 0 Å². The van der Waals surface area contributed by atoms with Crippen LogP contribution in [0.1, 0.15) is 22.2 Å². The van der Waals surface area contributed by atoms with Gasteiger partial charge in [0.05, 0.1) is 38.4 Å². The van der Waals surface area contributed by atoms with Gasteiger partial charge >= 0.3 is 11.7 Å². The number of aromatic nitrogens is 2. The SMILES string of the molecule is CCOC(=O)c1sc2c(c1C)c(=O)n(CCO)c(=O)n2CCN1CCOCC1. The first-order chi connectivity index (χ1) is 13.5. The molecule has 0 atom stereocenters. The van der Waals surface area contributed by atoms with Crippen molar-refractivity contribution in [3.8, 4) is 0 Å². The van der Waals surface area contributed by atoms with Gasteiger partial charge in [0, 0.05) is 26.2 Å². The summed E-state index contributed by atoms with van der Waals surface area (Å²) in [6.07, 6.45) is 0. The summed E-state index contributed by atoms with van der Waals surface area (Å²) in [5.74, 6) is -0.499. The molecule has 0 aliphatic carbocycles. The Labute approximate surface area is 165 Å². The fourth-order valence-corrected chi connectivity index (χ4v) is 4.56. The van der Waals surface area contributed by atoms with E-state index in [-0.39, 0.29) is 19.8 Å². The van der Waals surface area contributed by atoms with Crippen LogP contribution in [0, 0.1) is 6.92 Å². The number of ether oxygens (including phenoxy) is 2. The fraction of sp³-hybridized carbons (Fsp3) is 0.611. The number of rotatable bonds is 7. The Morgan fingerprint density at radius 1 is 1.18 bits per heavy atom. The molecule has 1 aliphatic heterocycles. The van der Waals surface area contributed by atoms with Gasteiger partial charge in [-0.15, -0.1) is 11.3 Å². The number of nitrogens with zero attached hydrogens (tertiary/aromatic N) is 3. The molecule has 28 heavy (non-hydrogen) atoms. The summed E-state index contributed by atoms with van der Waals surface area (Å²) in [6, 6.07) is 0. The van der Waals surface area contributed by atoms with E-state index >= 15 is 0 Å². The van der Waals surface area contributed by atoms with Crippen molar-refractivity contribution in [2.45, 2.75) is 26.9 Å². The number of aryl methyl sites for hydroxylation is 1. The van der Waals surface area contributed by atoms with E-state index in [1.165, 1.54) is 4.57 Å². The van der Waals surface area contributed by atoms with Crippen LogP contribution in [0.15, 0.2) is 9.59 Å². The minimum atomic E-state index is -0.499. The lowest BCUT2D eigenvalue weighted by molar-refractivity contribution is 0.0363. The van der Waals surface area contributed by atoms with Gasteiger partial charge in [-0.1, -0.05) is 0 Å². The minimum absolute atomic E-state index is 0.0881. The van der Waals surface area contributed by atoms with Crippen LogP contribution in [-0.4, -0.2) is 71.2 Å². The van der Waals surface area contributed by atoms with Crippen molar-refractivity contribution < 1.29 is 19.4 Å². The van der Waals surface area contributed by atoms with E-state index in [4.69, 9.17) is 9.47 Å². The molecule has 0 amide bonds. The van der Waals surface area contributed by atoms with Crippen LogP contribution in [0.4, 0.5) is 0 Å². The van der Waals surface area contributed by atoms with Crippen molar-refractivity contribution in [1.29, 1.82) is 0 Å². The molecule has 0 spiro atoms. The quantitative estimate of drug-likeness (QED) is 0.642. The van der Waals surface area contributed by atoms with Crippen LogP contribution in [-0.2, 0) is 22.6 Å². The smallest absolute Gasteiger partial charge is 0.348 e. The number of hydrogen-bond acceptors (Lipinski definition) is 8. The van der Waals surface area contributed by atoms with E-state index in [9.17, 15) is 19.5 Å². The molecule has 0 bridgehead atoms. The van der Waals surface area contributed by atoms with E-state index in [0.717, 1.165) is 29.0 Å². The lowest BCUT2D eigenvalue weighted by Crippen LogP contribution is -2.43. The zero-order chi connectivity index (χ0) is 20.3. The molecular formula is C18H25N3O6S. The number of carbonyl (C=O) groups excluding carboxylic acids is 1. The summed E-state index contributed by atoms with van der Waals surface area (Å²) in [5.41, 5.74) is -0.451. The average Bonchev–Trinajstić information content (AvgIpc) is 3.03. The van der Waals surface area contributed by atoms with Gasteiger partial charge < -0.3 is 14.6 Å². The third kappa shape index (κ3) is 3.90. The molecule has 9 nitrogen and oxygen atoms in total. The van der Waals surface area contributed by atoms with E-state index in [0.29, 0.717) is 47.0 Å². The Balaban J connectivity index is 2.11. The van der Waals surface area contributed by atoms with Gasteiger partial charge in [-0.3, -0.25) is 18.8 Å². The van der Waals surface area contributed by atoms with Crippen molar-refractivity contribution in [2.24, 2.45) is 0 Å². The summed E-state index contributed by atoms with van der Waals surface area (Å²) in [4.78, 5) is 41.1. The standard InChI is InChI=1S/C18H25N3O6S/c1-3-27-17(24)14-12(2)13-15(23)20(6-9-22)18(25)21(16(13)28-14)5-4-19-7-10-26-11-8-19/h22H,3-11H2,1-2H3. The lowest BCUT2D eigenvalue weighted by atomic mass is 10.2. The molecular weight excluding hydrogens is 386 g/mol. The van der Waals surface area contributed by atoms with E-state index in [1.54, 1.807) is 13.8 Å². The second-order valence-corrected chi connectivity index (χ2v) is 7.52. The highest BCUT2D eigenvalue weighted by atomic mass is 32.1. The third-order valence-corrected chi connectivity index (χ3v) is 6.12. The maximum atomic E-state index is 12.9. The maximum absolute atomic E-state index is 12.9. The Bertz CT molecular complexity index is 970. The third-order valence-electron chi connectivity index (χ3n) is 4.82. The number of aliphatic hydroxyl groups excluding tert-OH is 1. The molecule has 0 aromatic carbocycles. The van der Waals surface area contributed by atoms with Crippen molar-refractivity contribution in [3.05, 3.63) is 31.3 Å². The van der Waals surface area contributed by atoms with Gasteiger partial charge in [0.1, 0.15) is 9.71 Å². The number of morpholine rings is 1. The number of carbonyl (C=O) groups is 1. The normalized spacial score (nSPS) is 15.2. The highest BCUT2D eigenvalue weighted by Crippen LogP contribution is 2.28. The highest BCUT2D eigenvalue weighted by Gasteiger charge is 2.24. The van der Waals surface area contributed by atoms with Crippen LogP contribution in [0.25, 0.3) is 10.2 Å². The molecule has 3 heterocycles. The van der Waals surface area contributed by atoms with Crippen molar-refractivity contribution in [3.63, 3.8) is 0 Å². The maximum Gasteiger partial charge on any atom is 0.348 e. The molecule has 10 heteroatoms. The second kappa shape index (κ2) is 8.99. The number of hydrogen-bond donors (Lipinski definition) is 1. The van der Waals surface area contributed by atoms with Gasteiger partial charge in [0.15, 0.2) is 0 Å². The molecule has 2 aromatic heterocycles. The van der Waals surface area contributed by atoms with Gasteiger partial charge in [-0.25, -0.2) is 9.59 Å². The van der Waals surface area contributed by atoms with Crippen molar-refractivity contribution in [2.75, 3.05) is 46.1 Å². The lowest BCUT2D eigenvalue weighted by Gasteiger charge is -2.26. The average molecular weight is 411 g/mol. The summed E-state index contributed by atoms with van der Waals surface area (Å²) in [6.45, 7) is 7.10. The molecule has 154 valence electrons. The second-order valence-electron chi connectivity index (χ2n) is 6.53. The molecule has 1 fully saturated rings. The Morgan fingerprint density at radius 3 is 2.54 bits per heavy atom. The molecule has 1 saturated heterocycles. The predicted octanol–water partition coefficient (Wildman–Crippen LogP) is 0.0343. The van der Waals surface area contributed by atoms with Crippen molar-refractivity contribution in [1.82, 2.24) is 14.0 Å². The molecule has 3 rings (SSSR count). The Morgan fingerprint density at radius 2 is 1.89 bits per heavy atom. The number of aliphatic hydroxyl groups is 1. The first kappa shape index (κ1) is 20.7. The van der Waals surface area contributed by atoms with Crippen LogP contribution >= 0.6 is 11.3 Å². The van der Waals surface area contributed by atoms with E-state index < -0.39 is 17.2 Å². The molecule has 0 unspecified atom stereocenters. The van der Waals surface area contributed by atoms with Crippen LogP contribution < -0.4 is 11.2 Å². The first-order valence-corrected chi connectivity index (χ1v) is 10.2. The predicted molar refractivity (Wildman–Crippen MR) is 105 cm³/mol. The van der Waals surface area contributed by atoms with Gasteiger partial charge in [-0.2, -0.15) is 0 Å². The van der Waals surface area contributed by atoms with Gasteiger partial charge in [-0.05, 0) is 19.4 Å². The monoisotopic (exact) mass is 411 g/mol. The Kier molecular flexibility index (Phi) is 6.65. The van der Waals surface area contributed by atoms with Crippen LogP contribution in [0.2, 0.25) is 0 Å². The summed E-state index contributed by atoms with van der Waals surface area (Å²) < 4.78 is 13.0. The molecule has 1 aliphatic rings. The first-order valence-electron chi connectivity index (χ1n) is 9.34. The number of esters is 1. The molecule has 1 N–H and O–H groups in total. The van der Waals surface area contributed by atoms with Crippen LogP contribution in [0.3, 0.4) is 0 Å². The minimum Gasteiger partial charge on any atom is -0.462 e. The van der Waals surface area contributed by atoms with Crippen LogP contribution in [0.5, 0.6) is 0 Å². The van der Waals surface area contributed by atoms with Gasteiger partial charge in [0.25, 0.3) is 5.56 Å². The molecule has 0 saturated carbocycles. The van der Waals surface area contributed by atoms with Gasteiger partial charge in [0.2, 0.25) is 0 Å². The summed E-state index contributed by atoms with van der Waals surface area (Å²) >= 11 is 1.11. The summed E-state index contributed by atoms with van der Waals surface area (Å²) in [7, 11) is 0. The topological polar surface area (TPSA) is 103 Å². The fourth-order valence-electron chi connectivity index (χ4n) is 3.35. The number of thiophene rings is 1. The summed E-state index contributed by atoms with van der Waals surface area (Å²) in [5, 5.41) is 9.63. The zero-order valence-corrected chi connectivity index (χ0v) is 16.9. The zero-order valence-electron chi connectivity index (χ0n) is 16.1. The highest BCUT2D eigenvalue weighted by molar-refractivity contribution is 7.20. The molecule has 2 aromatic rings. The molecule has 0 radical (unpaired) electrons. The number of fused-ring (bicyclic) bond motifs is 1. The van der Waals surface area contributed by atoms with Crippen molar-refractivity contribution >= 4 is 27.5 Å². The van der Waals surface area contributed by atoms with E-state index in [2.05, 4.69) is 4.90 Å².